The van der Waals surface area contributed by atoms with Gasteiger partial charge >= 0.3 is 0 Å². The molecule has 74 heavy (non-hydrogen) atoms. The summed E-state index contributed by atoms with van der Waals surface area (Å²) in [7, 11) is 3.23. The van der Waals surface area contributed by atoms with E-state index in [9.17, 15) is 0 Å². The molecule has 0 aliphatic rings. The van der Waals surface area contributed by atoms with Crippen LogP contribution in [-0.4, -0.2) is 18.1 Å². The first-order valence-corrected chi connectivity index (χ1v) is 32.2. The fourth-order valence-corrected chi connectivity index (χ4v) is 15.4. The van der Waals surface area contributed by atoms with Crippen molar-refractivity contribution in [2.24, 2.45) is 0 Å². The maximum Gasteiger partial charge on any atom is 0.106 e. The highest BCUT2D eigenvalue weighted by atomic mass is 29.1. The Labute approximate surface area is 459 Å². The molecule has 0 atom stereocenters. The van der Waals surface area contributed by atoms with E-state index in [1.54, 1.807) is 0 Å². The molecule has 0 aliphatic carbocycles. The van der Waals surface area contributed by atoms with E-state index in [1.807, 2.05) is 0 Å². The largest absolute Gasteiger partial charge is 0.106 e. The summed E-state index contributed by atoms with van der Waals surface area (Å²) in [5, 5.41) is 2.94. The molecular weight excluding hydrogens is 921 g/mol. The Bertz CT molecular complexity index is 2420. The summed E-state index contributed by atoms with van der Waals surface area (Å²) in [6, 6.07) is 35.5. The molecule has 0 aromatic heterocycles. The number of rotatable bonds is 18. The molecule has 0 saturated heterocycles. The summed E-state index contributed by atoms with van der Waals surface area (Å²) < 4.78 is 0. The lowest BCUT2D eigenvalue weighted by Crippen LogP contribution is -2.47. The molecule has 6 aromatic rings. The topological polar surface area (TPSA) is 0 Å². The molecule has 0 heterocycles. The summed E-state index contributed by atoms with van der Waals surface area (Å²) in [6.07, 6.45) is 0. The minimum Gasteiger partial charge on any atom is -0.0610 e. The first-order valence-electron chi connectivity index (χ1n) is 29.2. The van der Waals surface area contributed by atoms with Gasteiger partial charge < -0.3 is 0 Å². The lowest BCUT2D eigenvalue weighted by Gasteiger charge is -2.33. The standard InChI is InChI=1S/C72H98Si2/c1-39(2)51-31-59(43(9)10)67(60(32-51)44(11)12)55-27-25-28-56(68-61(45(13)14)33-52(40(3)4)34-62(68)46(15)16)71(55)74(73)72-57(69-63(47(17)18)35-53(41(5)6)36-64(69)48(19)20)29-26-30-58(72)70-65(49(21)22)37-54(42(7)8)38-66(70)50(23)24/h25-50H,1-24H3. The normalized spacial score (nSPS) is 12.6. The van der Waals surface area contributed by atoms with Gasteiger partial charge in [0.25, 0.3) is 0 Å². The molecule has 0 aliphatic heterocycles. The lowest BCUT2D eigenvalue weighted by atomic mass is 9.79. The first kappa shape index (κ1) is 59.0. The van der Waals surface area contributed by atoms with Gasteiger partial charge in [0.15, 0.2) is 0 Å². The molecule has 0 nitrogen and oxygen atoms in total. The monoisotopic (exact) mass is 1020 g/mol. The van der Waals surface area contributed by atoms with Gasteiger partial charge in [0.2, 0.25) is 0 Å². The zero-order valence-electron chi connectivity index (χ0n) is 51.0. The molecule has 0 amide bonds. The van der Waals surface area contributed by atoms with Gasteiger partial charge in [-0.2, -0.15) is 0 Å². The van der Waals surface area contributed by atoms with Crippen molar-refractivity contribution < 1.29 is 0 Å². The summed E-state index contributed by atoms with van der Waals surface area (Å²) >= 11 is 0. The van der Waals surface area contributed by atoms with E-state index in [-0.39, 0.29) is 0 Å². The molecule has 6 rings (SSSR count). The fourth-order valence-electron chi connectivity index (χ4n) is 11.7. The second-order valence-electron chi connectivity index (χ2n) is 26.0. The number of benzene rings is 6. The highest BCUT2D eigenvalue weighted by molar-refractivity contribution is 7.20. The highest BCUT2D eigenvalue weighted by Gasteiger charge is 2.34. The van der Waals surface area contributed by atoms with Crippen molar-refractivity contribution in [2.45, 2.75) is 237 Å². The van der Waals surface area contributed by atoms with Gasteiger partial charge in [-0.05, 0) is 193 Å². The third-order valence-electron chi connectivity index (χ3n) is 16.2. The Kier molecular flexibility index (Phi) is 19.1. The van der Waals surface area contributed by atoms with Gasteiger partial charge in [-0.15, -0.1) is 0 Å². The van der Waals surface area contributed by atoms with Crippen molar-refractivity contribution in [1.29, 1.82) is 0 Å². The van der Waals surface area contributed by atoms with Crippen LogP contribution < -0.4 is 10.4 Å². The Balaban J connectivity index is 2.02. The first-order chi connectivity index (χ1) is 34.6. The molecule has 0 spiro atoms. The van der Waals surface area contributed by atoms with Crippen LogP contribution in [0.15, 0.2) is 84.9 Å². The second-order valence-corrected chi connectivity index (χ2v) is 29.2. The summed E-state index contributed by atoms with van der Waals surface area (Å²) in [6.45, 7) is 57.7. The molecule has 6 aromatic carbocycles. The molecule has 0 saturated carbocycles. The molecule has 0 bridgehead atoms. The smallest absolute Gasteiger partial charge is 0.0610 e. The summed E-state index contributed by atoms with van der Waals surface area (Å²) in [5.41, 5.74) is 28.7. The van der Waals surface area contributed by atoms with Crippen LogP contribution in [0, 0.1) is 0 Å². The van der Waals surface area contributed by atoms with E-state index < -0.39 is 8.31 Å². The zero-order valence-corrected chi connectivity index (χ0v) is 53.0. The van der Waals surface area contributed by atoms with E-state index in [0.29, 0.717) is 71.0 Å². The molecule has 2 heteroatoms. The predicted molar refractivity (Wildman–Crippen MR) is 334 cm³/mol. The zero-order chi connectivity index (χ0) is 55.1. The minimum atomic E-state index is -1.89. The van der Waals surface area contributed by atoms with Crippen LogP contribution in [0.5, 0.6) is 0 Å². The second kappa shape index (κ2) is 24.0. The number of hydrogen-bond acceptors (Lipinski definition) is 0. The van der Waals surface area contributed by atoms with E-state index in [1.165, 1.54) is 122 Å². The molecule has 394 valence electrons. The van der Waals surface area contributed by atoms with Gasteiger partial charge in [0.1, 0.15) is 8.31 Å². The van der Waals surface area contributed by atoms with Crippen LogP contribution in [0.3, 0.4) is 0 Å². The van der Waals surface area contributed by atoms with Crippen molar-refractivity contribution in [3.05, 3.63) is 152 Å². The van der Waals surface area contributed by atoms with Crippen LogP contribution in [0.25, 0.3) is 44.5 Å². The Morgan fingerprint density at radius 2 is 0.392 bits per heavy atom. The van der Waals surface area contributed by atoms with Crippen molar-refractivity contribution in [3.8, 4) is 44.5 Å². The Hall–Kier alpha value is -4.25. The molecule has 4 radical (unpaired) electrons. The third kappa shape index (κ3) is 11.8. The maximum absolute atomic E-state index is 5.12. The SMILES string of the molecule is CC(C)c1cc(C(C)C)c(-c2cccc(-c3c(C(C)C)cc(C(C)C)cc3C(C)C)c2[Si]([Si])c2c(-c3c(C(C)C)cc(C(C)C)cc3C(C)C)cccc2-c2c(C(C)C)cc(C(C)C)cc2C(C)C)c(C(C)C)c1. The van der Waals surface area contributed by atoms with Gasteiger partial charge in [-0.1, -0.05) is 251 Å². The van der Waals surface area contributed by atoms with Crippen molar-refractivity contribution in [3.63, 3.8) is 0 Å². The fraction of sp³-hybridized carbons (Fsp3) is 0.500. The van der Waals surface area contributed by atoms with E-state index in [4.69, 9.17) is 9.76 Å². The van der Waals surface area contributed by atoms with Crippen molar-refractivity contribution in [1.82, 2.24) is 0 Å². The maximum atomic E-state index is 5.12. The van der Waals surface area contributed by atoms with Gasteiger partial charge in [0, 0.05) is 9.76 Å². The average Bonchev–Trinajstić information content (AvgIpc) is 3.33. The molecule has 0 fully saturated rings. The molecular formula is C72H98Si2. The summed E-state index contributed by atoms with van der Waals surface area (Å²) in [5.74, 6) is 4.35. The third-order valence-corrected chi connectivity index (χ3v) is 19.8. The van der Waals surface area contributed by atoms with Crippen LogP contribution >= 0.6 is 0 Å². The van der Waals surface area contributed by atoms with Gasteiger partial charge in [-0.25, -0.2) is 0 Å². The minimum absolute atomic E-state index is 0.331. The number of hydrogen-bond donors (Lipinski definition) is 0. The molecule has 0 unspecified atom stereocenters. The Morgan fingerprint density at radius 3 is 0.514 bits per heavy atom. The highest BCUT2D eigenvalue weighted by Crippen LogP contribution is 2.46. The van der Waals surface area contributed by atoms with E-state index in [0.717, 1.165) is 0 Å². The van der Waals surface area contributed by atoms with Gasteiger partial charge in [-0.3, -0.25) is 0 Å². The lowest BCUT2D eigenvalue weighted by molar-refractivity contribution is 0.807. The average molecular weight is 1020 g/mol. The van der Waals surface area contributed by atoms with Gasteiger partial charge in [0.05, 0.1) is 0 Å². The van der Waals surface area contributed by atoms with E-state index in [2.05, 4.69) is 251 Å². The van der Waals surface area contributed by atoms with Crippen LogP contribution in [0.2, 0.25) is 0 Å². The molecule has 0 N–H and O–H groups in total. The van der Waals surface area contributed by atoms with Crippen LogP contribution in [0.4, 0.5) is 0 Å². The van der Waals surface area contributed by atoms with E-state index >= 15 is 0 Å². The van der Waals surface area contributed by atoms with Crippen LogP contribution in [-0.2, 0) is 0 Å². The van der Waals surface area contributed by atoms with Crippen molar-refractivity contribution >= 4 is 28.4 Å². The summed E-state index contributed by atoms with van der Waals surface area (Å²) in [4.78, 5) is 0. The van der Waals surface area contributed by atoms with Crippen molar-refractivity contribution in [2.75, 3.05) is 0 Å². The predicted octanol–water partition coefficient (Wildman–Crippen LogP) is 21.1. The quantitative estimate of drug-likeness (QED) is 0.0753. The Morgan fingerprint density at radius 1 is 0.243 bits per heavy atom. The van der Waals surface area contributed by atoms with Crippen LogP contribution in [0.1, 0.15) is 304 Å².